The Morgan fingerprint density at radius 2 is 2.23 bits per heavy atom. The maximum Gasteiger partial charge on any atom is 0.289 e. The number of H-pyrrole nitrogens is 1. The second-order valence-corrected chi connectivity index (χ2v) is 7.31. The molecule has 0 unspecified atom stereocenters. The van der Waals surface area contributed by atoms with Crippen molar-refractivity contribution in [3.63, 3.8) is 0 Å². The number of carbonyl (C=O) groups is 1. The third kappa shape index (κ3) is 2.81. The third-order valence-electron chi connectivity index (χ3n) is 5.54. The van der Waals surface area contributed by atoms with E-state index in [9.17, 15) is 4.79 Å². The number of nitrogens with one attached hydrogen (secondary N) is 1. The van der Waals surface area contributed by atoms with Crippen molar-refractivity contribution in [2.75, 3.05) is 13.1 Å². The molecule has 136 valence electrons. The minimum absolute atomic E-state index is 0.00128. The molecule has 0 spiro atoms. The number of aromatic nitrogens is 2. The number of carbonyl (C=O) groups excluding carboxylic acids is 1. The van der Waals surface area contributed by atoms with Crippen LogP contribution in [-0.2, 0) is 6.42 Å². The zero-order valence-corrected chi connectivity index (χ0v) is 15.6. The molecule has 1 aliphatic heterocycles. The Morgan fingerprint density at radius 3 is 3.04 bits per heavy atom. The van der Waals surface area contributed by atoms with Gasteiger partial charge in [-0.05, 0) is 50.3 Å². The number of aromatic amines is 1. The molecule has 0 radical (unpaired) electrons. The van der Waals surface area contributed by atoms with Crippen LogP contribution in [0, 0.1) is 13.8 Å². The number of aryl methyl sites for hydroxylation is 3. The number of hydrogen-bond donors (Lipinski definition) is 1. The maximum absolute atomic E-state index is 13.2. The number of fused-ring (bicyclic) bond motifs is 1. The highest BCUT2D eigenvalue weighted by atomic mass is 16.3. The first-order chi connectivity index (χ1) is 12.6. The predicted molar refractivity (Wildman–Crippen MR) is 102 cm³/mol. The number of piperidine rings is 1. The fraction of sp³-hybridized carbons (Fsp3) is 0.429. The lowest BCUT2D eigenvalue weighted by molar-refractivity contribution is 0.0674. The van der Waals surface area contributed by atoms with Gasteiger partial charge in [0.2, 0.25) is 0 Å². The Kier molecular flexibility index (Phi) is 4.31. The third-order valence-corrected chi connectivity index (χ3v) is 5.54. The minimum Gasteiger partial charge on any atom is -0.451 e. The first-order valence-electron chi connectivity index (χ1n) is 9.39. The van der Waals surface area contributed by atoms with Crippen LogP contribution in [0.2, 0.25) is 0 Å². The number of rotatable bonds is 3. The van der Waals surface area contributed by atoms with Gasteiger partial charge in [0.05, 0.1) is 6.20 Å². The Labute approximate surface area is 153 Å². The average Bonchev–Trinajstić information content (AvgIpc) is 3.25. The molecule has 3 aromatic rings. The normalized spacial score (nSPS) is 17.8. The topological polar surface area (TPSA) is 62.1 Å². The van der Waals surface area contributed by atoms with E-state index in [4.69, 9.17) is 4.42 Å². The zero-order valence-electron chi connectivity index (χ0n) is 15.6. The molecule has 1 N–H and O–H groups in total. The Hall–Kier alpha value is -2.56. The quantitative estimate of drug-likeness (QED) is 0.763. The van der Waals surface area contributed by atoms with Crippen LogP contribution in [0.25, 0.3) is 11.0 Å². The number of nitrogens with zero attached hydrogens (tertiary/aromatic N) is 2. The second-order valence-electron chi connectivity index (χ2n) is 7.31. The molecule has 1 fully saturated rings. The maximum atomic E-state index is 13.2. The molecule has 0 saturated carbocycles. The van der Waals surface area contributed by atoms with Crippen molar-refractivity contribution in [3.05, 3.63) is 52.5 Å². The Bertz CT molecular complexity index is 953. The summed E-state index contributed by atoms with van der Waals surface area (Å²) in [5.41, 5.74) is 5.29. The molecule has 0 bridgehead atoms. The van der Waals surface area contributed by atoms with E-state index in [2.05, 4.69) is 23.2 Å². The Morgan fingerprint density at radius 1 is 1.38 bits per heavy atom. The summed E-state index contributed by atoms with van der Waals surface area (Å²) in [5, 5.41) is 8.38. The van der Waals surface area contributed by atoms with E-state index < -0.39 is 0 Å². The van der Waals surface area contributed by atoms with Crippen molar-refractivity contribution in [1.82, 2.24) is 15.1 Å². The largest absolute Gasteiger partial charge is 0.451 e. The van der Waals surface area contributed by atoms with Gasteiger partial charge >= 0.3 is 0 Å². The molecule has 5 heteroatoms. The smallest absolute Gasteiger partial charge is 0.289 e. The van der Waals surface area contributed by atoms with E-state index in [1.54, 1.807) is 0 Å². The molecule has 1 saturated heterocycles. The number of hydrogen-bond acceptors (Lipinski definition) is 3. The van der Waals surface area contributed by atoms with E-state index in [1.807, 2.05) is 37.1 Å². The van der Waals surface area contributed by atoms with Gasteiger partial charge in [0.25, 0.3) is 5.91 Å². The van der Waals surface area contributed by atoms with Gasteiger partial charge in [-0.3, -0.25) is 9.89 Å². The lowest BCUT2D eigenvalue weighted by atomic mass is 9.91. The summed E-state index contributed by atoms with van der Waals surface area (Å²) in [6.45, 7) is 7.63. The second kappa shape index (κ2) is 6.63. The number of amides is 1. The fourth-order valence-electron chi connectivity index (χ4n) is 4.03. The van der Waals surface area contributed by atoms with Crippen LogP contribution in [0.4, 0.5) is 0 Å². The summed E-state index contributed by atoms with van der Waals surface area (Å²) >= 11 is 0. The van der Waals surface area contributed by atoms with E-state index in [1.165, 1.54) is 11.3 Å². The summed E-state index contributed by atoms with van der Waals surface area (Å²) in [5.74, 6) is 0.794. The van der Waals surface area contributed by atoms with Gasteiger partial charge in [-0.25, -0.2) is 0 Å². The summed E-state index contributed by atoms with van der Waals surface area (Å²) in [6, 6.07) is 6.09. The molecule has 2 aromatic heterocycles. The molecule has 0 aliphatic carbocycles. The number of likely N-dealkylation sites (tertiary alicyclic amines) is 1. The highest BCUT2D eigenvalue weighted by Crippen LogP contribution is 2.31. The van der Waals surface area contributed by atoms with Crippen molar-refractivity contribution in [2.45, 2.75) is 46.0 Å². The molecule has 5 nitrogen and oxygen atoms in total. The van der Waals surface area contributed by atoms with E-state index >= 15 is 0 Å². The van der Waals surface area contributed by atoms with Crippen LogP contribution in [0.3, 0.4) is 0 Å². The van der Waals surface area contributed by atoms with Crippen LogP contribution in [0.5, 0.6) is 0 Å². The standard InChI is InChI=1S/C21H25N3O2/c1-4-15-11-22-23-19(15)16-6-5-9-24(12-16)21(25)20-14(3)17-8-7-13(2)10-18(17)26-20/h7-8,10-11,16H,4-6,9,12H2,1-3H3,(H,22,23)/t16-/m0/s1. The van der Waals surface area contributed by atoms with Gasteiger partial charge in [-0.1, -0.05) is 19.1 Å². The molecule has 1 atom stereocenters. The Balaban J connectivity index is 1.61. The van der Waals surface area contributed by atoms with Crippen molar-refractivity contribution in [3.8, 4) is 0 Å². The van der Waals surface area contributed by atoms with Crippen LogP contribution in [0.1, 0.15) is 58.6 Å². The van der Waals surface area contributed by atoms with Crippen LogP contribution in [0.15, 0.2) is 28.8 Å². The highest BCUT2D eigenvalue weighted by molar-refractivity contribution is 5.99. The molecule has 1 aromatic carbocycles. The predicted octanol–water partition coefficient (Wildman–Crippen LogP) is 4.35. The van der Waals surface area contributed by atoms with Gasteiger partial charge < -0.3 is 9.32 Å². The fourth-order valence-corrected chi connectivity index (χ4v) is 4.03. The van der Waals surface area contributed by atoms with Crippen LogP contribution >= 0.6 is 0 Å². The van der Waals surface area contributed by atoms with Gasteiger partial charge in [0, 0.05) is 35.7 Å². The lowest BCUT2D eigenvalue weighted by Gasteiger charge is -2.32. The van der Waals surface area contributed by atoms with Crippen LogP contribution < -0.4 is 0 Å². The van der Waals surface area contributed by atoms with Gasteiger partial charge in [-0.2, -0.15) is 5.10 Å². The summed E-state index contributed by atoms with van der Waals surface area (Å²) in [6.07, 6.45) is 4.94. The molecule has 3 heterocycles. The van der Waals surface area contributed by atoms with Gasteiger partial charge in [0.1, 0.15) is 5.58 Å². The summed E-state index contributed by atoms with van der Waals surface area (Å²) in [4.78, 5) is 15.1. The van der Waals surface area contributed by atoms with Gasteiger partial charge in [0.15, 0.2) is 5.76 Å². The monoisotopic (exact) mass is 351 g/mol. The van der Waals surface area contributed by atoms with E-state index in [0.717, 1.165) is 47.9 Å². The van der Waals surface area contributed by atoms with Crippen molar-refractivity contribution >= 4 is 16.9 Å². The average molecular weight is 351 g/mol. The van der Waals surface area contributed by atoms with Crippen molar-refractivity contribution in [2.24, 2.45) is 0 Å². The SMILES string of the molecule is CCc1cn[nH]c1[C@H]1CCCN(C(=O)c2oc3cc(C)ccc3c2C)C1. The highest BCUT2D eigenvalue weighted by Gasteiger charge is 2.30. The van der Waals surface area contributed by atoms with E-state index in [0.29, 0.717) is 18.2 Å². The molecule has 26 heavy (non-hydrogen) atoms. The first-order valence-corrected chi connectivity index (χ1v) is 9.39. The first kappa shape index (κ1) is 16.9. The van der Waals surface area contributed by atoms with Crippen molar-refractivity contribution < 1.29 is 9.21 Å². The molecular formula is C21H25N3O2. The molecule has 1 amide bonds. The number of benzene rings is 1. The molecule has 1 aliphatic rings. The van der Waals surface area contributed by atoms with E-state index in [-0.39, 0.29) is 5.91 Å². The summed E-state index contributed by atoms with van der Waals surface area (Å²) < 4.78 is 5.95. The minimum atomic E-state index is -0.00128. The zero-order chi connectivity index (χ0) is 18.3. The van der Waals surface area contributed by atoms with Crippen molar-refractivity contribution in [1.29, 1.82) is 0 Å². The molecular weight excluding hydrogens is 326 g/mol. The summed E-state index contributed by atoms with van der Waals surface area (Å²) in [7, 11) is 0. The number of furan rings is 1. The van der Waals surface area contributed by atoms with Crippen LogP contribution in [-0.4, -0.2) is 34.1 Å². The van der Waals surface area contributed by atoms with Gasteiger partial charge in [-0.15, -0.1) is 0 Å². The lowest BCUT2D eigenvalue weighted by Crippen LogP contribution is -2.39. The molecule has 4 rings (SSSR count).